The molecule has 18 heavy (non-hydrogen) atoms. The number of pyridine rings is 1. The first-order valence-corrected chi connectivity index (χ1v) is 7.68. The van der Waals surface area contributed by atoms with Crippen molar-refractivity contribution in [3.05, 3.63) is 24.0 Å². The van der Waals surface area contributed by atoms with Crippen LogP contribution in [0.25, 0.3) is 0 Å². The van der Waals surface area contributed by atoms with E-state index in [0.717, 1.165) is 0 Å². The topological polar surface area (TPSA) is 76.5 Å². The van der Waals surface area contributed by atoms with Gasteiger partial charge in [0.1, 0.15) is 15.6 Å². The quantitative estimate of drug-likeness (QED) is 0.811. The molecule has 1 atom stereocenters. The lowest BCUT2D eigenvalue weighted by Gasteiger charge is -2.13. The Morgan fingerprint density at radius 3 is 2.83 bits per heavy atom. The van der Waals surface area contributed by atoms with Gasteiger partial charge in [-0.05, 0) is 18.9 Å². The van der Waals surface area contributed by atoms with E-state index in [1.54, 1.807) is 19.2 Å². The molecule has 1 N–H and O–H groups in total. The highest BCUT2D eigenvalue weighted by atomic mass is 32.2. The summed E-state index contributed by atoms with van der Waals surface area (Å²) in [6.45, 7) is 1.62. The number of aromatic nitrogens is 1. The first-order chi connectivity index (χ1) is 8.50. The van der Waals surface area contributed by atoms with Crippen molar-refractivity contribution >= 4 is 9.84 Å². The Hall–Kier alpha value is -1.14. The zero-order valence-corrected chi connectivity index (χ0v) is 11.5. The summed E-state index contributed by atoms with van der Waals surface area (Å²) >= 11 is 0. The summed E-state index contributed by atoms with van der Waals surface area (Å²) in [4.78, 5) is 3.90. The zero-order valence-electron chi connectivity index (χ0n) is 10.7. The Bertz CT molecular complexity index is 473. The summed E-state index contributed by atoms with van der Waals surface area (Å²) in [6, 6.07) is 1.68. The van der Waals surface area contributed by atoms with E-state index in [1.165, 1.54) is 13.3 Å². The molecule has 1 aromatic rings. The van der Waals surface area contributed by atoms with Crippen LogP contribution in [0.3, 0.4) is 0 Å². The van der Waals surface area contributed by atoms with Crippen LogP contribution in [0.15, 0.2) is 18.5 Å². The SMILES string of the molecule is CCS(=O)(=O)CCCC(O)c1ccncc1OC. The maximum Gasteiger partial charge on any atom is 0.150 e. The highest BCUT2D eigenvalue weighted by Crippen LogP contribution is 2.26. The van der Waals surface area contributed by atoms with Crippen molar-refractivity contribution in [2.75, 3.05) is 18.6 Å². The third kappa shape index (κ3) is 4.27. The number of rotatable bonds is 7. The van der Waals surface area contributed by atoms with Crippen LogP contribution >= 0.6 is 0 Å². The van der Waals surface area contributed by atoms with Gasteiger partial charge in [-0.25, -0.2) is 8.42 Å². The Kier molecular flexibility index (Phi) is 5.55. The summed E-state index contributed by atoms with van der Waals surface area (Å²) in [5.74, 6) is 0.763. The standard InChI is InChI=1S/C12H19NO4S/c1-3-18(15,16)8-4-5-11(14)10-6-7-13-9-12(10)17-2/h6-7,9,11,14H,3-5,8H2,1-2H3. The number of hydrogen-bond donors (Lipinski definition) is 1. The van der Waals surface area contributed by atoms with E-state index in [-0.39, 0.29) is 11.5 Å². The second kappa shape index (κ2) is 6.70. The predicted molar refractivity (Wildman–Crippen MR) is 69.3 cm³/mol. The van der Waals surface area contributed by atoms with E-state index in [9.17, 15) is 13.5 Å². The number of sulfone groups is 1. The van der Waals surface area contributed by atoms with Crippen LogP contribution in [0.5, 0.6) is 5.75 Å². The van der Waals surface area contributed by atoms with Gasteiger partial charge in [0.15, 0.2) is 0 Å². The van der Waals surface area contributed by atoms with Gasteiger partial charge in [-0.15, -0.1) is 0 Å². The minimum Gasteiger partial charge on any atom is -0.495 e. The van der Waals surface area contributed by atoms with Gasteiger partial charge in [0.05, 0.1) is 25.2 Å². The lowest BCUT2D eigenvalue weighted by Crippen LogP contribution is -2.10. The third-order valence-corrected chi connectivity index (χ3v) is 4.56. The van der Waals surface area contributed by atoms with Gasteiger partial charge in [-0.3, -0.25) is 4.98 Å². The molecular weight excluding hydrogens is 254 g/mol. The van der Waals surface area contributed by atoms with E-state index < -0.39 is 15.9 Å². The monoisotopic (exact) mass is 273 g/mol. The molecule has 1 aromatic heterocycles. The van der Waals surface area contributed by atoms with E-state index >= 15 is 0 Å². The number of nitrogens with zero attached hydrogens (tertiary/aromatic N) is 1. The van der Waals surface area contributed by atoms with Crippen molar-refractivity contribution in [1.29, 1.82) is 0 Å². The van der Waals surface area contributed by atoms with Crippen LogP contribution < -0.4 is 4.74 Å². The molecule has 6 heteroatoms. The normalized spacial score (nSPS) is 13.3. The first-order valence-electron chi connectivity index (χ1n) is 5.86. The smallest absolute Gasteiger partial charge is 0.150 e. The molecule has 1 unspecified atom stereocenters. The van der Waals surface area contributed by atoms with E-state index in [1.807, 2.05) is 0 Å². The largest absolute Gasteiger partial charge is 0.495 e. The lowest BCUT2D eigenvalue weighted by atomic mass is 10.1. The van der Waals surface area contributed by atoms with Crippen LogP contribution in [0, 0.1) is 0 Å². The Morgan fingerprint density at radius 1 is 1.50 bits per heavy atom. The zero-order chi connectivity index (χ0) is 13.6. The molecular formula is C12H19NO4S. The molecule has 0 aromatic carbocycles. The second-order valence-corrected chi connectivity index (χ2v) is 6.48. The molecule has 0 saturated heterocycles. The summed E-state index contributed by atoms with van der Waals surface area (Å²) in [5, 5.41) is 10.00. The van der Waals surface area contributed by atoms with Crippen molar-refractivity contribution in [2.24, 2.45) is 0 Å². The van der Waals surface area contributed by atoms with Gasteiger partial charge in [0.2, 0.25) is 0 Å². The van der Waals surface area contributed by atoms with E-state index in [4.69, 9.17) is 4.74 Å². The number of methoxy groups -OCH3 is 1. The van der Waals surface area contributed by atoms with Crippen molar-refractivity contribution in [2.45, 2.75) is 25.9 Å². The van der Waals surface area contributed by atoms with Crippen LogP contribution in [-0.2, 0) is 9.84 Å². The molecule has 0 aliphatic rings. The summed E-state index contributed by atoms with van der Waals surface area (Å²) in [7, 11) is -1.46. The van der Waals surface area contributed by atoms with E-state index in [2.05, 4.69) is 4.98 Å². The number of aliphatic hydroxyl groups is 1. The van der Waals surface area contributed by atoms with Gasteiger partial charge in [-0.1, -0.05) is 6.92 Å². The fourth-order valence-corrected chi connectivity index (χ4v) is 2.53. The van der Waals surface area contributed by atoms with Gasteiger partial charge in [0.25, 0.3) is 0 Å². The molecule has 0 amide bonds. The van der Waals surface area contributed by atoms with Crippen molar-refractivity contribution < 1.29 is 18.3 Å². The van der Waals surface area contributed by atoms with Crippen LogP contribution in [0.1, 0.15) is 31.4 Å². The first kappa shape index (κ1) is 14.9. The number of aliphatic hydroxyl groups excluding tert-OH is 1. The minimum atomic E-state index is -2.97. The Balaban J connectivity index is 2.58. The van der Waals surface area contributed by atoms with Crippen molar-refractivity contribution in [3.63, 3.8) is 0 Å². The van der Waals surface area contributed by atoms with Crippen LogP contribution in [0.4, 0.5) is 0 Å². The Labute approximate surface area is 108 Å². The number of ether oxygens (including phenoxy) is 1. The molecule has 0 radical (unpaired) electrons. The fourth-order valence-electron chi connectivity index (χ4n) is 1.63. The average molecular weight is 273 g/mol. The second-order valence-electron chi connectivity index (χ2n) is 4.01. The average Bonchev–Trinajstić information content (AvgIpc) is 2.38. The third-order valence-electron chi connectivity index (χ3n) is 2.77. The molecule has 1 heterocycles. The molecule has 0 bridgehead atoms. The highest BCUT2D eigenvalue weighted by molar-refractivity contribution is 7.91. The van der Waals surface area contributed by atoms with Gasteiger partial charge >= 0.3 is 0 Å². The van der Waals surface area contributed by atoms with Crippen molar-refractivity contribution in [3.8, 4) is 5.75 Å². The molecule has 102 valence electrons. The maximum atomic E-state index is 11.3. The van der Waals surface area contributed by atoms with E-state index in [0.29, 0.717) is 24.2 Å². The molecule has 0 saturated carbocycles. The molecule has 0 spiro atoms. The Morgan fingerprint density at radius 2 is 2.22 bits per heavy atom. The number of hydrogen-bond acceptors (Lipinski definition) is 5. The predicted octanol–water partition coefficient (Wildman–Crippen LogP) is 1.34. The molecule has 5 nitrogen and oxygen atoms in total. The summed E-state index contributed by atoms with van der Waals surface area (Å²) in [5.41, 5.74) is 0.640. The highest BCUT2D eigenvalue weighted by Gasteiger charge is 2.14. The molecule has 0 aliphatic carbocycles. The summed E-state index contributed by atoms with van der Waals surface area (Å²) in [6.07, 6.45) is 3.20. The van der Waals surface area contributed by atoms with Crippen LogP contribution in [0.2, 0.25) is 0 Å². The maximum absolute atomic E-state index is 11.3. The minimum absolute atomic E-state index is 0.105. The molecule has 1 rings (SSSR count). The van der Waals surface area contributed by atoms with Gasteiger partial charge < -0.3 is 9.84 Å². The van der Waals surface area contributed by atoms with Gasteiger partial charge in [-0.2, -0.15) is 0 Å². The summed E-state index contributed by atoms with van der Waals surface area (Å²) < 4.78 is 27.7. The fraction of sp³-hybridized carbons (Fsp3) is 0.583. The van der Waals surface area contributed by atoms with Crippen LogP contribution in [-0.4, -0.2) is 37.1 Å². The lowest BCUT2D eigenvalue weighted by molar-refractivity contribution is 0.162. The molecule has 0 fully saturated rings. The van der Waals surface area contributed by atoms with Crippen molar-refractivity contribution in [1.82, 2.24) is 4.98 Å². The van der Waals surface area contributed by atoms with Gasteiger partial charge in [0, 0.05) is 17.5 Å². The molecule has 0 aliphatic heterocycles.